The van der Waals surface area contributed by atoms with Gasteiger partial charge in [-0.3, -0.25) is 4.79 Å². The van der Waals surface area contributed by atoms with Gasteiger partial charge in [-0.05, 0) is 25.8 Å². The van der Waals surface area contributed by atoms with Gasteiger partial charge in [0, 0.05) is 49.0 Å². The van der Waals surface area contributed by atoms with Crippen LogP contribution in [0.3, 0.4) is 0 Å². The Labute approximate surface area is 111 Å². The number of Topliss-reactive ketones (excluding diaryl/α,β-unsaturated/α-hetero) is 1. The van der Waals surface area contributed by atoms with Crippen LogP contribution in [0.15, 0.2) is 6.07 Å². The van der Waals surface area contributed by atoms with Crippen LogP contribution in [0.1, 0.15) is 55.9 Å². The van der Waals surface area contributed by atoms with E-state index in [1.807, 2.05) is 33.9 Å². The number of carbonyl (C=O) groups is 1. The number of nitrogens with zero attached hydrogens (tertiary/aromatic N) is 1. The van der Waals surface area contributed by atoms with Gasteiger partial charge in [-0.1, -0.05) is 21.3 Å². The molecule has 0 aromatic carbocycles. The summed E-state index contributed by atoms with van der Waals surface area (Å²) in [5.74, 6) is 0.319. The Hall–Kier alpha value is -0.466. The van der Waals surface area contributed by atoms with Crippen LogP contribution in [-0.4, -0.2) is 10.4 Å². The topological polar surface area (TPSA) is 22.0 Å². The van der Waals surface area contributed by atoms with Crippen molar-refractivity contribution >= 4 is 5.78 Å². The molecule has 0 aliphatic heterocycles. The second kappa shape index (κ2) is 7.75. The van der Waals surface area contributed by atoms with Crippen molar-refractivity contribution in [2.24, 2.45) is 7.05 Å². The second-order valence-corrected chi connectivity index (χ2v) is 3.48. The third-order valence-electron chi connectivity index (χ3n) is 2.72. The molecule has 1 aromatic heterocycles. The Morgan fingerprint density at radius 1 is 1.25 bits per heavy atom. The second-order valence-electron chi connectivity index (χ2n) is 3.48. The van der Waals surface area contributed by atoms with Crippen molar-refractivity contribution in [1.29, 1.82) is 0 Å². The van der Waals surface area contributed by atoms with Crippen LogP contribution in [-0.2, 0) is 32.0 Å². The quantitative estimate of drug-likeness (QED) is 0.699. The van der Waals surface area contributed by atoms with Crippen molar-refractivity contribution in [2.45, 2.75) is 47.5 Å². The summed E-state index contributed by atoms with van der Waals surface area (Å²) in [6.45, 7) is 6.05. The Balaban J connectivity index is 0. The van der Waals surface area contributed by atoms with Gasteiger partial charge in [0.15, 0.2) is 5.78 Å². The van der Waals surface area contributed by atoms with Gasteiger partial charge in [0.1, 0.15) is 0 Å². The zero-order valence-corrected chi connectivity index (χ0v) is 11.4. The van der Waals surface area contributed by atoms with E-state index in [1.165, 1.54) is 11.4 Å². The molecule has 91 valence electrons. The molecule has 0 saturated carbocycles. The average molecular weight is 260 g/mol. The average Bonchev–Trinajstić information content (AvgIpc) is 2.50. The summed E-state index contributed by atoms with van der Waals surface area (Å²) in [6.07, 6.45) is 2.81. The summed E-state index contributed by atoms with van der Waals surface area (Å²) < 4.78 is 2.13. The standard InChI is InChI=1S/C10H13NO.C2H6.CH4.V/c1-7-6-8-9(11(7)2)4-3-5-10(8)12;1-2;;/h6H,3-5H2,1-2H3;1-2H3;1H4;. The van der Waals surface area contributed by atoms with Crippen molar-refractivity contribution in [3.63, 3.8) is 0 Å². The number of ketones is 1. The van der Waals surface area contributed by atoms with E-state index in [4.69, 9.17) is 0 Å². The van der Waals surface area contributed by atoms with Crippen molar-refractivity contribution in [1.82, 2.24) is 4.57 Å². The van der Waals surface area contributed by atoms with Gasteiger partial charge in [-0.25, -0.2) is 0 Å². The molecule has 0 unspecified atom stereocenters. The van der Waals surface area contributed by atoms with E-state index >= 15 is 0 Å². The van der Waals surface area contributed by atoms with Gasteiger partial charge in [0.25, 0.3) is 0 Å². The summed E-state index contributed by atoms with van der Waals surface area (Å²) in [4.78, 5) is 11.4. The number of hydrogen-bond donors (Lipinski definition) is 0. The fraction of sp³-hybridized carbons (Fsp3) is 0.615. The Kier molecular flexibility index (Phi) is 8.68. The first kappa shape index (κ1) is 17.9. The molecule has 0 spiro atoms. The first-order valence-corrected chi connectivity index (χ1v) is 5.38. The molecule has 0 saturated heterocycles. The fourth-order valence-corrected chi connectivity index (χ4v) is 1.88. The molecule has 0 bridgehead atoms. The van der Waals surface area contributed by atoms with Crippen LogP contribution < -0.4 is 0 Å². The normalized spacial score (nSPS) is 12.6. The van der Waals surface area contributed by atoms with Crippen molar-refractivity contribution < 1.29 is 23.4 Å². The summed E-state index contributed by atoms with van der Waals surface area (Å²) in [7, 11) is 2.03. The zero-order chi connectivity index (χ0) is 10.7. The Morgan fingerprint density at radius 3 is 2.31 bits per heavy atom. The van der Waals surface area contributed by atoms with Gasteiger partial charge < -0.3 is 4.57 Å². The van der Waals surface area contributed by atoms with E-state index in [2.05, 4.69) is 4.57 Å². The number of hydrogen-bond acceptors (Lipinski definition) is 1. The first-order valence-electron chi connectivity index (χ1n) is 5.38. The van der Waals surface area contributed by atoms with Crippen molar-refractivity contribution in [2.75, 3.05) is 0 Å². The van der Waals surface area contributed by atoms with Crippen LogP contribution in [0.5, 0.6) is 0 Å². The van der Waals surface area contributed by atoms with Crippen LogP contribution in [0.4, 0.5) is 0 Å². The molecule has 0 fully saturated rings. The molecular weight excluding hydrogens is 237 g/mol. The number of fused-ring (bicyclic) bond motifs is 1. The molecule has 0 atom stereocenters. The molecule has 16 heavy (non-hydrogen) atoms. The van der Waals surface area contributed by atoms with Crippen LogP contribution in [0.25, 0.3) is 0 Å². The number of aromatic nitrogens is 1. The van der Waals surface area contributed by atoms with E-state index in [0.29, 0.717) is 5.78 Å². The molecular formula is C13H23NOV. The summed E-state index contributed by atoms with van der Waals surface area (Å²) >= 11 is 0. The largest absolute Gasteiger partial charge is 0.351 e. The van der Waals surface area contributed by atoms with Crippen LogP contribution >= 0.6 is 0 Å². The molecule has 0 N–H and O–H groups in total. The van der Waals surface area contributed by atoms with Gasteiger partial charge in [-0.15, -0.1) is 0 Å². The SMILES string of the molecule is C.CC.Cc1cc2c(n1C)CCCC2=O.[V]. The molecule has 2 rings (SSSR count). The molecule has 0 amide bonds. The van der Waals surface area contributed by atoms with Gasteiger partial charge in [0.05, 0.1) is 0 Å². The molecule has 1 radical (unpaired) electrons. The zero-order valence-electron chi connectivity index (χ0n) is 10.0. The minimum atomic E-state index is 0. The predicted molar refractivity (Wildman–Crippen MR) is 65.5 cm³/mol. The van der Waals surface area contributed by atoms with E-state index in [1.54, 1.807) is 0 Å². The molecule has 3 heteroatoms. The van der Waals surface area contributed by atoms with E-state index in [9.17, 15) is 4.79 Å². The first-order chi connectivity index (χ1) is 6.70. The summed E-state index contributed by atoms with van der Waals surface area (Å²) in [5, 5.41) is 0. The minimum absolute atomic E-state index is 0. The van der Waals surface area contributed by atoms with Gasteiger partial charge >= 0.3 is 0 Å². The summed E-state index contributed by atoms with van der Waals surface area (Å²) in [5.41, 5.74) is 3.38. The smallest absolute Gasteiger partial charge is 0.164 e. The van der Waals surface area contributed by atoms with Gasteiger partial charge in [0.2, 0.25) is 0 Å². The van der Waals surface area contributed by atoms with Gasteiger partial charge in [-0.2, -0.15) is 0 Å². The fourth-order valence-electron chi connectivity index (χ4n) is 1.88. The molecule has 2 nitrogen and oxygen atoms in total. The molecule has 1 aliphatic rings. The number of aryl methyl sites for hydroxylation is 1. The minimum Gasteiger partial charge on any atom is -0.351 e. The van der Waals surface area contributed by atoms with E-state index in [0.717, 1.165) is 24.8 Å². The Morgan fingerprint density at radius 2 is 1.81 bits per heavy atom. The van der Waals surface area contributed by atoms with Crippen molar-refractivity contribution in [3.05, 3.63) is 23.0 Å². The van der Waals surface area contributed by atoms with Crippen molar-refractivity contribution in [3.8, 4) is 0 Å². The number of rotatable bonds is 0. The van der Waals surface area contributed by atoms with E-state index < -0.39 is 0 Å². The van der Waals surface area contributed by atoms with Crippen LogP contribution in [0.2, 0.25) is 0 Å². The van der Waals surface area contributed by atoms with Crippen LogP contribution in [0, 0.1) is 6.92 Å². The monoisotopic (exact) mass is 260 g/mol. The maximum Gasteiger partial charge on any atom is 0.164 e. The molecule has 1 aromatic rings. The maximum absolute atomic E-state index is 11.4. The van der Waals surface area contributed by atoms with E-state index in [-0.39, 0.29) is 26.0 Å². The molecule has 1 heterocycles. The Bertz CT molecular complexity index is 342. The third-order valence-corrected chi connectivity index (χ3v) is 2.72. The predicted octanol–water partition coefficient (Wildman–Crippen LogP) is 3.51. The maximum atomic E-state index is 11.4. The summed E-state index contributed by atoms with van der Waals surface area (Å²) in [6, 6.07) is 2.01. The number of carbonyl (C=O) groups excluding carboxylic acids is 1. The third kappa shape index (κ3) is 3.26. The molecule has 1 aliphatic carbocycles.